The molecule has 1 fully saturated rings. The van der Waals surface area contributed by atoms with Crippen LogP contribution in [0.1, 0.15) is 28.5 Å². The molecule has 0 spiro atoms. The molecule has 2 aromatic heterocycles. The van der Waals surface area contributed by atoms with Crippen molar-refractivity contribution >= 4 is 21.4 Å². The van der Waals surface area contributed by atoms with Gasteiger partial charge < -0.3 is 4.98 Å². The highest BCUT2D eigenvalue weighted by molar-refractivity contribution is 7.89. The van der Waals surface area contributed by atoms with Crippen LogP contribution >= 0.6 is 11.3 Å². The lowest BCUT2D eigenvalue weighted by Gasteiger charge is -2.39. The van der Waals surface area contributed by atoms with Gasteiger partial charge in [-0.25, -0.2) is 13.4 Å². The van der Waals surface area contributed by atoms with Gasteiger partial charge in [-0.15, -0.1) is 11.3 Å². The van der Waals surface area contributed by atoms with E-state index in [9.17, 15) is 8.42 Å². The van der Waals surface area contributed by atoms with E-state index in [1.807, 2.05) is 13.8 Å². The number of piperazine rings is 1. The van der Waals surface area contributed by atoms with Crippen molar-refractivity contribution in [1.29, 1.82) is 0 Å². The number of rotatable bonds is 4. The molecule has 1 N–H and O–H groups in total. The monoisotopic (exact) mass is 354 g/mol. The maximum absolute atomic E-state index is 13.0. The van der Waals surface area contributed by atoms with E-state index in [2.05, 4.69) is 21.8 Å². The largest absolute Gasteiger partial charge is 0.347 e. The Morgan fingerprint density at radius 3 is 2.74 bits per heavy atom. The number of sulfonamides is 1. The molecule has 1 aliphatic heterocycles. The highest BCUT2D eigenvalue weighted by Crippen LogP contribution is 2.31. The predicted molar refractivity (Wildman–Crippen MR) is 91.1 cm³/mol. The van der Waals surface area contributed by atoms with E-state index in [1.54, 1.807) is 22.8 Å². The Morgan fingerprint density at radius 1 is 1.39 bits per heavy atom. The molecule has 0 radical (unpaired) electrons. The summed E-state index contributed by atoms with van der Waals surface area (Å²) in [5, 5.41) is 0. The zero-order valence-electron chi connectivity index (χ0n) is 13.6. The summed E-state index contributed by atoms with van der Waals surface area (Å²) in [4.78, 5) is 12.0. The van der Waals surface area contributed by atoms with Crippen molar-refractivity contribution in [3.8, 4) is 0 Å². The van der Waals surface area contributed by atoms with E-state index in [0.29, 0.717) is 24.5 Å². The number of likely N-dealkylation sites (N-methyl/N-ethyl adjacent to an activating group) is 1. The van der Waals surface area contributed by atoms with E-state index in [-0.39, 0.29) is 6.04 Å². The van der Waals surface area contributed by atoms with Crippen LogP contribution in [-0.4, -0.2) is 53.8 Å². The normalized spacial score (nSPS) is 20.9. The van der Waals surface area contributed by atoms with Gasteiger partial charge in [0.05, 0.1) is 10.9 Å². The number of nitrogens with one attached hydrogen (secondary N) is 1. The zero-order valence-corrected chi connectivity index (χ0v) is 15.2. The molecule has 8 heteroatoms. The smallest absolute Gasteiger partial charge is 0.244 e. The Balaban J connectivity index is 1.90. The second-order valence-corrected chi connectivity index (χ2v) is 9.13. The Hall–Kier alpha value is -1.22. The standard InChI is InChI=1S/C15H22N4O2S2/c1-4-18-7-8-19(10-13(18)15-16-5-6-17-15)23(20,21)14-9-11(2)22-12(14)3/h5-6,9,13H,4,7-8,10H2,1-3H3,(H,16,17)/t13-/m1/s1. The molecular formula is C15H22N4O2S2. The van der Waals surface area contributed by atoms with Crippen molar-refractivity contribution in [1.82, 2.24) is 19.2 Å². The first-order valence-electron chi connectivity index (χ1n) is 7.74. The SMILES string of the molecule is CCN1CCN(S(=O)(=O)c2cc(C)sc2C)C[C@@H]1c1ncc[nH]1. The fourth-order valence-electron chi connectivity index (χ4n) is 3.11. The minimum Gasteiger partial charge on any atom is -0.347 e. The van der Waals surface area contributed by atoms with Crippen LogP contribution in [0.2, 0.25) is 0 Å². The Bertz CT molecular complexity index is 768. The summed E-state index contributed by atoms with van der Waals surface area (Å²) >= 11 is 1.53. The average molecular weight is 355 g/mol. The summed E-state index contributed by atoms with van der Waals surface area (Å²) in [7, 11) is -3.45. The van der Waals surface area contributed by atoms with Gasteiger partial charge in [0.2, 0.25) is 10.0 Å². The predicted octanol–water partition coefficient (Wildman–Crippen LogP) is 2.16. The molecule has 1 saturated heterocycles. The van der Waals surface area contributed by atoms with Crippen LogP contribution in [-0.2, 0) is 10.0 Å². The molecule has 0 aliphatic carbocycles. The molecule has 3 heterocycles. The van der Waals surface area contributed by atoms with E-state index in [4.69, 9.17) is 0 Å². The topological polar surface area (TPSA) is 69.3 Å². The number of H-pyrrole nitrogens is 1. The van der Waals surface area contributed by atoms with Crippen LogP contribution < -0.4 is 0 Å². The molecule has 0 amide bonds. The van der Waals surface area contributed by atoms with Crippen molar-refractivity contribution in [2.45, 2.75) is 31.7 Å². The van der Waals surface area contributed by atoms with Crippen molar-refractivity contribution < 1.29 is 8.42 Å². The first-order valence-corrected chi connectivity index (χ1v) is 9.99. The minimum absolute atomic E-state index is 0.0291. The van der Waals surface area contributed by atoms with Gasteiger partial charge in [0.25, 0.3) is 0 Å². The number of nitrogens with zero attached hydrogens (tertiary/aromatic N) is 3. The number of thiophene rings is 1. The van der Waals surface area contributed by atoms with Gasteiger partial charge in [-0.2, -0.15) is 4.31 Å². The molecule has 1 atom stereocenters. The van der Waals surface area contributed by atoms with E-state index in [1.165, 1.54) is 11.3 Å². The van der Waals surface area contributed by atoms with E-state index >= 15 is 0 Å². The first kappa shape index (κ1) is 16.6. The van der Waals surface area contributed by atoms with Gasteiger partial charge in [0, 0.05) is 41.8 Å². The summed E-state index contributed by atoms with van der Waals surface area (Å²) in [6.45, 7) is 8.43. The van der Waals surface area contributed by atoms with Crippen LogP contribution in [0.15, 0.2) is 23.4 Å². The molecule has 0 saturated carbocycles. The molecule has 6 nitrogen and oxygen atoms in total. The van der Waals surface area contributed by atoms with Gasteiger partial charge >= 0.3 is 0 Å². The molecule has 1 aliphatic rings. The van der Waals surface area contributed by atoms with Crippen molar-refractivity contribution in [2.75, 3.05) is 26.2 Å². The van der Waals surface area contributed by atoms with Gasteiger partial charge in [-0.3, -0.25) is 4.90 Å². The fraction of sp³-hybridized carbons (Fsp3) is 0.533. The summed E-state index contributed by atoms with van der Waals surface area (Å²) in [6.07, 6.45) is 3.49. The molecule has 0 unspecified atom stereocenters. The van der Waals surface area contributed by atoms with E-state index < -0.39 is 10.0 Å². The lowest BCUT2D eigenvalue weighted by molar-refractivity contribution is 0.119. The molecule has 126 valence electrons. The Labute approximate surface area is 141 Å². The second kappa shape index (κ2) is 6.35. The molecule has 3 rings (SSSR count). The molecule has 0 bridgehead atoms. The van der Waals surface area contributed by atoms with Gasteiger partial charge in [0.15, 0.2) is 0 Å². The summed E-state index contributed by atoms with van der Waals surface area (Å²) < 4.78 is 27.6. The molecular weight excluding hydrogens is 332 g/mol. The number of aryl methyl sites for hydroxylation is 2. The molecule has 2 aromatic rings. The lowest BCUT2D eigenvalue weighted by Crippen LogP contribution is -2.50. The number of imidazole rings is 1. The Kier molecular flexibility index (Phi) is 4.59. The van der Waals surface area contributed by atoms with Crippen LogP contribution in [0.25, 0.3) is 0 Å². The quantitative estimate of drug-likeness (QED) is 0.913. The van der Waals surface area contributed by atoms with Gasteiger partial charge in [-0.05, 0) is 26.5 Å². The molecule has 0 aromatic carbocycles. The maximum Gasteiger partial charge on any atom is 0.244 e. The third-order valence-corrected chi connectivity index (χ3v) is 7.39. The van der Waals surface area contributed by atoms with E-state index in [0.717, 1.165) is 22.1 Å². The van der Waals surface area contributed by atoms with Crippen molar-refractivity contribution in [3.63, 3.8) is 0 Å². The average Bonchev–Trinajstić information content (AvgIpc) is 3.16. The number of aromatic amines is 1. The summed E-state index contributed by atoms with van der Waals surface area (Å²) in [5.41, 5.74) is 0. The zero-order chi connectivity index (χ0) is 16.6. The van der Waals surface area contributed by atoms with Crippen LogP contribution in [0.5, 0.6) is 0 Å². The maximum atomic E-state index is 13.0. The second-order valence-electron chi connectivity index (χ2n) is 5.76. The highest BCUT2D eigenvalue weighted by Gasteiger charge is 2.36. The van der Waals surface area contributed by atoms with Crippen LogP contribution in [0, 0.1) is 13.8 Å². The number of hydrogen-bond acceptors (Lipinski definition) is 5. The third kappa shape index (κ3) is 3.08. The third-order valence-electron chi connectivity index (χ3n) is 4.31. The molecule has 23 heavy (non-hydrogen) atoms. The fourth-order valence-corrected chi connectivity index (χ4v) is 6.08. The number of hydrogen-bond donors (Lipinski definition) is 1. The van der Waals surface area contributed by atoms with Gasteiger partial charge in [0.1, 0.15) is 5.82 Å². The summed E-state index contributed by atoms with van der Waals surface area (Å²) in [5.74, 6) is 0.824. The number of aromatic nitrogens is 2. The highest BCUT2D eigenvalue weighted by atomic mass is 32.2. The van der Waals surface area contributed by atoms with Crippen molar-refractivity contribution in [3.05, 3.63) is 34.0 Å². The minimum atomic E-state index is -3.45. The first-order chi connectivity index (χ1) is 10.9. The van der Waals surface area contributed by atoms with Crippen LogP contribution in [0.4, 0.5) is 0 Å². The van der Waals surface area contributed by atoms with Crippen LogP contribution in [0.3, 0.4) is 0 Å². The summed E-state index contributed by atoms with van der Waals surface area (Å²) in [6, 6.07) is 1.75. The Morgan fingerprint density at radius 2 is 2.17 bits per heavy atom. The van der Waals surface area contributed by atoms with Crippen molar-refractivity contribution in [2.24, 2.45) is 0 Å². The lowest BCUT2D eigenvalue weighted by atomic mass is 10.2. The van der Waals surface area contributed by atoms with Gasteiger partial charge in [-0.1, -0.05) is 6.92 Å².